The van der Waals surface area contributed by atoms with Crippen LogP contribution >= 0.6 is 23.4 Å². The largest absolute Gasteiger partial charge is 0.395 e. The van der Waals surface area contributed by atoms with E-state index in [9.17, 15) is 19.5 Å². The van der Waals surface area contributed by atoms with Gasteiger partial charge in [-0.15, -0.1) is 24.9 Å². The third-order valence-corrected chi connectivity index (χ3v) is 10.1. The van der Waals surface area contributed by atoms with Crippen LogP contribution in [0.2, 0.25) is 5.02 Å². The topological polar surface area (TPSA) is 81.2 Å². The van der Waals surface area contributed by atoms with Crippen LogP contribution in [0.4, 0.5) is 5.69 Å². The fourth-order valence-corrected chi connectivity index (χ4v) is 9.05. The number of carbonyl (C=O) groups excluding carboxylic acids is 3. The molecular weight excluding hydrogens is 510 g/mol. The first kappa shape index (κ1) is 27.7. The van der Waals surface area contributed by atoms with Crippen molar-refractivity contribution in [2.24, 2.45) is 11.8 Å². The third-order valence-electron chi connectivity index (χ3n) is 7.85. The quantitative estimate of drug-likeness (QED) is 0.429. The number of aliphatic hydroxyl groups excluding tert-OH is 1. The van der Waals surface area contributed by atoms with E-state index in [1.165, 1.54) is 4.90 Å². The van der Waals surface area contributed by atoms with Crippen molar-refractivity contribution in [1.82, 2.24) is 9.80 Å². The number of aryl methyl sites for hydroxylation is 1. The summed E-state index contributed by atoms with van der Waals surface area (Å²) in [7, 11) is 0. The van der Waals surface area contributed by atoms with Gasteiger partial charge in [0.15, 0.2) is 0 Å². The number of likely N-dealkylation sites (tertiary alicyclic amines) is 1. The second kappa shape index (κ2) is 11.2. The number of halogens is 1. The lowest BCUT2D eigenvalue weighted by molar-refractivity contribution is -0.144. The molecule has 1 spiro atoms. The van der Waals surface area contributed by atoms with Crippen molar-refractivity contribution in [3.05, 3.63) is 54.1 Å². The molecule has 4 rings (SSSR count). The molecular formula is C28H36ClN3O4S. The van der Waals surface area contributed by atoms with Gasteiger partial charge in [0, 0.05) is 31.4 Å². The molecule has 3 aliphatic rings. The van der Waals surface area contributed by atoms with E-state index >= 15 is 0 Å². The van der Waals surface area contributed by atoms with Crippen LogP contribution in [-0.4, -0.2) is 81.5 Å². The zero-order chi connectivity index (χ0) is 26.9. The molecule has 0 radical (unpaired) electrons. The van der Waals surface area contributed by atoms with Gasteiger partial charge in [-0.25, -0.2) is 0 Å². The molecule has 3 fully saturated rings. The number of amides is 3. The molecule has 200 valence electrons. The number of β-amino-alcohol motifs (C(OH)–C–C–N with tert-alkyl or cyclic N) is 1. The molecule has 3 amide bonds. The van der Waals surface area contributed by atoms with Gasteiger partial charge in [0.2, 0.25) is 11.8 Å². The third kappa shape index (κ3) is 4.51. The van der Waals surface area contributed by atoms with Crippen LogP contribution in [0.3, 0.4) is 0 Å². The smallest absolute Gasteiger partial charge is 0.251 e. The van der Waals surface area contributed by atoms with Gasteiger partial charge < -0.3 is 19.8 Å². The van der Waals surface area contributed by atoms with Gasteiger partial charge in [-0.3, -0.25) is 14.4 Å². The van der Waals surface area contributed by atoms with E-state index in [0.29, 0.717) is 30.2 Å². The molecule has 1 aromatic rings. The Kier molecular flexibility index (Phi) is 8.41. The van der Waals surface area contributed by atoms with Gasteiger partial charge in [-0.05, 0) is 37.8 Å². The van der Waals surface area contributed by atoms with Crippen molar-refractivity contribution in [1.29, 1.82) is 0 Å². The van der Waals surface area contributed by atoms with E-state index < -0.39 is 22.6 Å². The molecule has 7 nitrogen and oxygen atoms in total. The highest BCUT2D eigenvalue weighted by Crippen LogP contribution is 2.66. The number of anilines is 1. The molecule has 0 aromatic heterocycles. The van der Waals surface area contributed by atoms with E-state index in [4.69, 9.17) is 11.6 Å². The average molecular weight is 546 g/mol. The second-order valence-electron chi connectivity index (χ2n) is 10.0. The Morgan fingerprint density at radius 2 is 2.00 bits per heavy atom. The number of fused-ring (bicyclic) bond motifs is 1. The van der Waals surface area contributed by atoms with Gasteiger partial charge in [0.05, 0.1) is 33.9 Å². The van der Waals surface area contributed by atoms with Crippen LogP contribution in [0.5, 0.6) is 0 Å². The molecule has 3 aliphatic heterocycles. The number of benzene rings is 1. The van der Waals surface area contributed by atoms with Crippen LogP contribution < -0.4 is 4.90 Å². The van der Waals surface area contributed by atoms with E-state index in [1.807, 2.05) is 26.0 Å². The van der Waals surface area contributed by atoms with Crippen molar-refractivity contribution in [2.45, 2.75) is 49.1 Å². The van der Waals surface area contributed by atoms with Crippen molar-refractivity contribution in [3.8, 4) is 0 Å². The Hall–Kier alpha value is -2.29. The summed E-state index contributed by atoms with van der Waals surface area (Å²) in [5.74, 6) is -1.61. The second-order valence-corrected chi connectivity index (χ2v) is 12.0. The Morgan fingerprint density at radius 1 is 1.27 bits per heavy atom. The van der Waals surface area contributed by atoms with E-state index in [-0.39, 0.29) is 42.7 Å². The number of aliphatic hydroxyl groups is 1. The summed E-state index contributed by atoms with van der Waals surface area (Å²) in [6.07, 6.45) is 5.59. The van der Waals surface area contributed by atoms with Gasteiger partial charge in [-0.1, -0.05) is 42.8 Å². The molecule has 3 heterocycles. The predicted octanol–water partition coefficient (Wildman–Crippen LogP) is 3.68. The van der Waals surface area contributed by atoms with Crippen LogP contribution in [0.25, 0.3) is 0 Å². The van der Waals surface area contributed by atoms with Crippen LogP contribution in [0, 0.1) is 18.8 Å². The monoisotopic (exact) mass is 545 g/mol. The maximum absolute atomic E-state index is 14.4. The number of hydrogen-bond donors (Lipinski definition) is 1. The van der Waals surface area contributed by atoms with Crippen LogP contribution in [0.15, 0.2) is 43.5 Å². The minimum absolute atomic E-state index is 0.0212. The summed E-state index contributed by atoms with van der Waals surface area (Å²) >= 11 is 8.20. The summed E-state index contributed by atoms with van der Waals surface area (Å²) in [6.45, 7) is 12.6. The average Bonchev–Trinajstić information content (AvgIpc) is 3.50. The summed E-state index contributed by atoms with van der Waals surface area (Å²) in [4.78, 5) is 47.1. The van der Waals surface area contributed by atoms with Crippen LogP contribution in [-0.2, 0) is 14.4 Å². The maximum atomic E-state index is 14.4. The summed E-state index contributed by atoms with van der Waals surface area (Å²) in [5.41, 5.74) is 1.43. The summed E-state index contributed by atoms with van der Waals surface area (Å²) in [6, 6.07) is 4.66. The molecule has 0 aliphatic carbocycles. The van der Waals surface area contributed by atoms with E-state index in [0.717, 1.165) is 18.4 Å². The molecule has 37 heavy (non-hydrogen) atoms. The molecule has 2 bridgehead atoms. The number of hydrogen-bond acceptors (Lipinski definition) is 5. The molecule has 2 unspecified atom stereocenters. The van der Waals surface area contributed by atoms with E-state index in [2.05, 4.69) is 13.2 Å². The minimum atomic E-state index is -0.806. The highest BCUT2D eigenvalue weighted by atomic mass is 35.5. The van der Waals surface area contributed by atoms with Gasteiger partial charge in [0.1, 0.15) is 6.04 Å². The first-order chi connectivity index (χ1) is 17.8. The summed E-state index contributed by atoms with van der Waals surface area (Å²) in [5, 5.41) is 10.3. The minimum Gasteiger partial charge on any atom is -0.395 e. The lowest BCUT2D eigenvalue weighted by atomic mass is 9.70. The number of para-hydroxylation sites is 1. The maximum Gasteiger partial charge on any atom is 0.251 e. The molecule has 9 heteroatoms. The van der Waals surface area contributed by atoms with Crippen molar-refractivity contribution >= 4 is 46.8 Å². The molecule has 5 atom stereocenters. The number of rotatable bonds is 11. The van der Waals surface area contributed by atoms with Gasteiger partial charge in [0.25, 0.3) is 5.91 Å². The highest BCUT2D eigenvalue weighted by molar-refractivity contribution is 8.02. The Balaban J connectivity index is 1.78. The van der Waals surface area contributed by atoms with Crippen molar-refractivity contribution < 1.29 is 19.5 Å². The van der Waals surface area contributed by atoms with Crippen molar-refractivity contribution in [2.75, 3.05) is 37.7 Å². The first-order valence-corrected chi connectivity index (χ1v) is 14.2. The standard InChI is InChI=1S/C28H36ClN3O4S/c1-5-13-30(14-6-2)25(34)21-20-11-12-28(37-20)22(21)26(35)32(16-17-33)24(28)27(36)31(15-7-3)23-18(4)9-8-10-19(23)29/h5,7-10,20-22,24,33H,1,3,6,11-17H2,2,4H3/t20-,21+,22-,24?,28?/m0/s1. The Labute approximate surface area is 228 Å². The zero-order valence-electron chi connectivity index (χ0n) is 21.6. The lowest BCUT2D eigenvalue weighted by Gasteiger charge is -2.38. The van der Waals surface area contributed by atoms with Gasteiger partial charge >= 0.3 is 0 Å². The van der Waals surface area contributed by atoms with Crippen LogP contribution in [0.1, 0.15) is 31.7 Å². The van der Waals surface area contributed by atoms with Gasteiger partial charge in [-0.2, -0.15) is 0 Å². The fourth-order valence-electron chi connectivity index (χ4n) is 6.52. The molecule has 1 aromatic carbocycles. The number of nitrogens with zero attached hydrogens (tertiary/aromatic N) is 3. The number of carbonyl (C=O) groups is 3. The molecule has 1 N–H and O–H groups in total. The predicted molar refractivity (Wildman–Crippen MR) is 149 cm³/mol. The SMILES string of the molecule is C=CCN(CCC)C(=O)[C@@H]1[C@@H]2CCC3(S2)C(C(=O)N(CC=C)c2c(C)cccc2Cl)N(CCO)C(=O)[C@H]13. The van der Waals surface area contributed by atoms with E-state index in [1.54, 1.807) is 39.8 Å². The Morgan fingerprint density at radius 3 is 2.62 bits per heavy atom. The summed E-state index contributed by atoms with van der Waals surface area (Å²) < 4.78 is -0.727. The highest BCUT2D eigenvalue weighted by Gasteiger charge is 2.74. The molecule has 0 saturated carbocycles. The lowest BCUT2D eigenvalue weighted by Crippen LogP contribution is -2.55. The normalized spacial score (nSPS) is 27.8. The zero-order valence-corrected chi connectivity index (χ0v) is 23.1. The number of thioether (sulfide) groups is 1. The fraction of sp³-hybridized carbons (Fsp3) is 0.536. The van der Waals surface area contributed by atoms with Crippen molar-refractivity contribution in [3.63, 3.8) is 0 Å². The Bertz CT molecular complexity index is 1080. The molecule has 3 saturated heterocycles. The first-order valence-electron chi connectivity index (χ1n) is 12.9.